The maximum Gasteiger partial charge on any atom is 0.258 e. The van der Waals surface area contributed by atoms with Crippen molar-refractivity contribution in [3.63, 3.8) is 0 Å². The Morgan fingerprint density at radius 3 is 2.34 bits per heavy atom. The van der Waals surface area contributed by atoms with Crippen LogP contribution in [0, 0.1) is 5.92 Å². The molecule has 0 saturated heterocycles. The number of nitrogens with zero attached hydrogens (tertiary/aromatic N) is 2. The summed E-state index contributed by atoms with van der Waals surface area (Å²) in [4.78, 5) is 15.5. The number of para-hydroxylation sites is 1. The van der Waals surface area contributed by atoms with Crippen LogP contribution in [0.25, 0.3) is 0 Å². The first kappa shape index (κ1) is 20.7. The van der Waals surface area contributed by atoms with Gasteiger partial charge < -0.3 is 14.2 Å². The largest absolute Gasteiger partial charge is 0.496 e. The number of carbonyl (C=O) groups is 1. The second-order valence-corrected chi connectivity index (χ2v) is 7.73. The minimum atomic E-state index is -0.00360. The predicted octanol–water partition coefficient (Wildman–Crippen LogP) is 5.23. The van der Waals surface area contributed by atoms with Crippen LogP contribution in [0.15, 0.2) is 72.9 Å². The van der Waals surface area contributed by atoms with Crippen molar-refractivity contribution >= 4 is 5.91 Å². The zero-order valence-electron chi connectivity index (χ0n) is 17.7. The zero-order valence-corrected chi connectivity index (χ0v) is 17.7. The predicted molar refractivity (Wildman–Crippen MR) is 117 cm³/mol. The monoisotopic (exact) mass is 390 g/mol. The maximum atomic E-state index is 13.5. The highest BCUT2D eigenvalue weighted by atomic mass is 16.5. The molecule has 29 heavy (non-hydrogen) atoms. The normalized spacial score (nSPS) is 12.0. The Labute approximate surface area is 173 Å². The number of rotatable bonds is 8. The van der Waals surface area contributed by atoms with Gasteiger partial charge in [0.1, 0.15) is 5.75 Å². The number of methoxy groups -OCH3 is 1. The van der Waals surface area contributed by atoms with Gasteiger partial charge in [-0.25, -0.2) is 0 Å². The second-order valence-electron chi connectivity index (χ2n) is 7.73. The molecule has 0 bridgehead atoms. The van der Waals surface area contributed by atoms with Crippen LogP contribution in [-0.2, 0) is 13.1 Å². The quantitative estimate of drug-likeness (QED) is 0.528. The lowest BCUT2D eigenvalue weighted by molar-refractivity contribution is 0.0619. The van der Waals surface area contributed by atoms with Gasteiger partial charge in [-0.05, 0) is 42.7 Å². The Hall–Kier alpha value is -3.01. The van der Waals surface area contributed by atoms with E-state index in [9.17, 15) is 4.79 Å². The molecule has 1 heterocycles. The van der Waals surface area contributed by atoms with Crippen molar-refractivity contribution < 1.29 is 9.53 Å². The molecule has 0 spiro atoms. The second kappa shape index (κ2) is 9.46. The molecular weight excluding hydrogens is 360 g/mol. The van der Waals surface area contributed by atoms with Crippen molar-refractivity contribution in [2.24, 2.45) is 5.92 Å². The van der Waals surface area contributed by atoms with Crippen molar-refractivity contribution in [1.82, 2.24) is 9.47 Å². The molecular formula is C25H30N2O2. The van der Waals surface area contributed by atoms with Crippen LogP contribution in [0.4, 0.5) is 0 Å². The SMILES string of the molecule is COc1ccccc1C(=O)N(Cc1cccn1Cc1ccccc1)[C@H](C)C(C)C. The van der Waals surface area contributed by atoms with E-state index in [0.29, 0.717) is 23.8 Å². The van der Waals surface area contributed by atoms with Gasteiger partial charge >= 0.3 is 0 Å². The molecule has 0 radical (unpaired) electrons. The molecule has 3 rings (SSSR count). The molecule has 0 unspecified atom stereocenters. The van der Waals surface area contributed by atoms with Gasteiger partial charge in [0.05, 0.1) is 19.2 Å². The molecule has 1 atom stereocenters. The Balaban J connectivity index is 1.89. The third-order valence-electron chi connectivity index (χ3n) is 5.51. The Bertz CT molecular complexity index is 931. The van der Waals surface area contributed by atoms with Gasteiger partial charge in [-0.2, -0.15) is 0 Å². The average molecular weight is 391 g/mol. The summed E-state index contributed by atoms with van der Waals surface area (Å²) in [5, 5.41) is 0. The van der Waals surface area contributed by atoms with Gasteiger partial charge in [0, 0.05) is 24.5 Å². The number of hydrogen-bond donors (Lipinski definition) is 0. The van der Waals surface area contributed by atoms with Gasteiger partial charge in [0.2, 0.25) is 0 Å². The van der Waals surface area contributed by atoms with E-state index in [1.807, 2.05) is 41.3 Å². The minimum absolute atomic E-state index is 0.00360. The van der Waals surface area contributed by atoms with Gasteiger partial charge in [-0.1, -0.05) is 56.3 Å². The summed E-state index contributed by atoms with van der Waals surface area (Å²) in [6.07, 6.45) is 2.08. The van der Waals surface area contributed by atoms with Crippen LogP contribution < -0.4 is 4.74 Å². The molecule has 0 aliphatic rings. The fraction of sp³-hybridized carbons (Fsp3) is 0.320. The van der Waals surface area contributed by atoms with Gasteiger partial charge in [-0.15, -0.1) is 0 Å². The maximum absolute atomic E-state index is 13.5. The lowest BCUT2D eigenvalue weighted by Crippen LogP contribution is -2.41. The van der Waals surface area contributed by atoms with Crippen LogP contribution in [0.3, 0.4) is 0 Å². The molecule has 0 saturated carbocycles. The van der Waals surface area contributed by atoms with E-state index in [-0.39, 0.29) is 11.9 Å². The van der Waals surface area contributed by atoms with Crippen LogP contribution >= 0.6 is 0 Å². The van der Waals surface area contributed by atoms with Crippen LogP contribution in [0.5, 0.6) is 5.75 Å². The molecule has 0 aliphatic heterocycles. The summed E-state index contributed by atoms with van der Waals surface area (Å²) in [5.41, 5.74) is 2.96. The van der Waals surface area contributed by atoms with Gasteiger partial charge in [-0.3, -0.25) is 4.79 Å². The molecule has 2 aromatic carbocycles. The van der Waals surface area contributed by atoms with E-state index in [1.165, 1.54) is 5.56 Å². The molecule has 1 amide bonds. The number of aromatic nitrogens is 1. The number of carbonyl (C=O) groups excluding carboxylic acids is 1. The lowest BCUT2D eigenvalue weighted by Gasteiger charge is -2.32. The van der Waals surface area contributed by atoms with Crippen molar-refractivity contribution in [2.45, 2.75) is 39.9 Å². The summed E-state index contributed by atoms with van der Waals surface area (Å²) in [5.74, 6) is 0.945. The highest BCUT2D eigenvalue weighted by molar-refractivity contribution is 5.97. The number of benzene rings is 2. The van der Waals surface area contributed by atoms with Gasteiger partial charge in [0.15, 0.2) is 0 Å². The topological polar surface area (TPSA) is 34.5 Å². The summed E-state index contributed by atoms with van der Waals surface area (Å²) in [6, 6.07) is 22.1. The van der Waals surface area contributed by atoms with E-state index < -0.39 is 0 Å². The molecule has 1 aromatic heterocycles. The third kappa shape index (κ3) is 4.89. The van der Waals surface area contributed by atoms with E-state index in [1.54, 1.807) is 7.11 Å². The van der Waals surface area contributed by atoms with Crippen molar-refractivity contribution in [2.75, 3.05) is 7.11 Å². The number of ether oxygens (including phenoxy) is 1. The first-order valence-electron chi connectivity index (χ1n) is 10.1. The molecule has 4 heteroatoms. The molecule has 0 N–H and O–H groups in total. The first-order valence-corrected chi connectivity index (χ1v) is 10.1. The highest BCUT2D eigenvalue weighted by Crippen LogP contribution is 2.24. The van der Waals surface area contributed by atoms with Crippen LogP contribution in [0.2, 0.25) is 0 Å². The fourth-order valence-corrected chi connectivity index (χ4v) is 3.44. The van der Waals surface area contributed by atoms with Crippen molar-refractivity contribution in [3.8, 4) is 5.75 Å². The van der Waals surface area contributed by atoms with Gasteiger partial charge in [0.25, 0.3) is 5.91 Å². The summed E-state index contributed by atoms with van der Waals surface area (Å²) in [6.45, 7) is 7.75. The highest BCUT2D eigenvalue weighted by Gasteiger charge is 2.26. The van der Waals surface area contributed by atoms with Crippen LogP contribution in [-0.4, -0.2) is 28.5 Å². The number of hydrogen-bond acceptors (Lipinski definition) is 2. The summed E-state index contributed by atoms with van der Waals surface area (Å²) in [7, 11) is 1.60. The van der Waals surface area contributed by atoms with E-state index in [2.05, 4.69) is 61.9 Å². The lowest BCUT2D eigenvalue weighted by atomic mass is 10.0. The van der Waals surface area contributed by atoms with E-state index in [4.69, 9.17) is 4.74 Å². The van der Waals surface area contributed by atoms with Crippen molar-refractivity contribution in [3.05, 3.63) is 89.7 Å². The molecule has 4 nitrogen and oxygen atoms in total. The molecule has 152 valence electrons. The molecule has 0 fully saturated rings. The Morgan fingerprint density at radius 1 is 0.966 bits per heavy atom. The zero-order chi connectivity index (χ0) is 20.8. The smallest absolute Gasteiger partial charge is 0.258 e. The average Bonchev–Trinajstić information content (AvgIpc) is 3.18. The first-order chi connectivity index (χ1) is 14.0. The third-order valence-corrected chi connectivity index (χ3v) is 5.51. The summed E-state index contributed by atoms with van der Waals surface area (Å²) < 4.78 is 7.66. The molecule has 0 aliphatic carbocycles. The van der Waals surface area contributed by atoms with E-state index in [0.717, 1.165) is 12.2 Å². The molecule has 3 aromatic rings. The van der Waals surface area contributed by atoms with E-state index >= 15 is 0 Å². The van der Waals surface area contributed by atoms with Crippen molar-refractivity contribution in [1.29, 1.82) is 0 Å². The summed E-state index contributed by atoms with van der Waals surface area (Å²) >= 11 is 0. The standard InChI is InChI=1S/C25H30N2O2/c1-19(2)20(3)27(25(28)23-14-8-9-15-24(23)29-4)18-22-13-10-16-26(22)17-21-11-6-5-7-12-21/h5-16,19-20H,17-18H2,1-4H3/t20-/m1/s1. The van der Waals surface area contributed by atoms with Crippen LogP contribution in [0.1, 0.15) is 42.4 Å². The fourth-order valence-electron chi connectivity index (χ4n) is 3.44. The Kier molecular flexibility index (Phi) is 6.76. The number of amides is 1. The Morgan fingerprint density at radius 2 is 1.66 bits per heavy atom. The minimum Gasteiger partial charge on any atom is -0.496 e.